The van der Waals surface area contributed by atoms with Gasteiger partial charge in [0.2, 0.25) is 0 Å². The van der Waals surface area contributed by atoms with E-state index in [2.05, 4.69) is 146 Å². The summed E-state index contributed by atoms with van der Waals surface area (Å²) in [4.78, 5) is 4.87. The molecule has 4 aromatic carbocycles. The Labute approximate surface area is 226 Å². The summed E-state index contributed by atoms with van der Waals surface area (Å²) in [6.45, 7) is 0. The third-order valence-electron chi connectivity index (χ3n) is 7.47. The zero-order chi connectivity index (χ0) is 25.1. The lowest BCUT2D eigenvalue weighted by Gasteiger charge is -2.34. The first-order chi connectivity index (χ1) is 17.6. The maximum absolute atomic E-state index is 4.65. The zero-order valence-electron chi connectivity index (χ0n) is 21.0. The van der Waals surface area contributed by atoms with Gasteiger partial charge in [0.05, 0.1) is 12.1 Å². The van der Waals surface area contributed by atoms with Crippen LogP contribution >= 0.6 is 25.3 Å². The highest BCUT2D eigenvalue weighted by atomic mass is 32.1. The van der Waals surface area contributed by atoms with Crippen LogP contribution in [0.4, 0.5) is 11.4 Å². The molecule has 1 heterocycles. The number of rotatable bonds is 4. The fourth-order valence-corrected chi connectivity index (χ4v) is 6.11. The third-order valence-corrected chi connectivity index (χ3v) is 7.99. The predicted octanol–water partition coefficient (Wildman–Crippen LogP) is 8.33. The van der Waals surface area contributed by atoms with Gasteiger partial charge in [-0.15, -0.1) is 0 Å². The molecule has 0 saturated carbocycles. The van der Waals surface area contributed by atoms with Crippen molar-refractivity contribution < 1.29 is 0 Å². The molecule has 0 radical (unpaired) electrons. The van der Waals surface area contributed by atoms with Gasteiger partial charge in [-0.2, -0.15) is 25.3 Å². The molecule has 1 aliphatic rings. The molecule has 0 saturated heterocycles. The van der Waals surface area contributed by atoms with Crippen LogP contribution in [0.15, 0.2) is 97.1 Å². The minimum absolute atomic E-state index is 0.219. The second-order valence-electron chi connectivity index (χ2n) is 9.56. The average Bonchev–Trinajstić information content (AvgIpc) is 2.93. The summed E-state index contributed by atoms with van der Waals surface area (Å²) in [5.74, 6) is 1.64. The van der Waals surface area contributed by atoms with Crippen molar-refractivity contribution in [2.24, 2.45) is 0 Å². The fourth-order valence-electron chi connectivity index (χ4n) is 5.63. The Morgan fingerprint density at radius 1 is 0.556 bits per heavy atom. The Kier molecular flexibility index (Phi) is 7.64. The number of anilines is 2. The molecule has 4 heteroatoms. The normalized spacial score (nSPS) is 17.2. The zero-order valence-corrected chi connectivity index (χ0v) is 22.8. The van der Waals surface area contributed by atoms with Crippen LogP contribution in [0, 0.1) is 0 Å². The van der Waals surface area contributed by atoms with Crippen molar-refractivity contribution in [1.29, 1.82) is 0 Å². The monoisotopic (exact) mass is 510 g/mol. The Morgan fingerprint density at radius 2 is 0.972 bits per heavy atom. The van der Waals surface area contributed by atoms with E-state index in [1.807, 2.05) is 0 Å². The van der Waals surface area contributed by atoms with Gasteiger partial charge in [-0.25, -0.2) is 0 Å². The number of hydrogen-bond acceptors (Lipinski definition) is 4. The van der Waals surface area contributed by atoms with Crippen LogP contribution in [0.2, 0.25) is 0 Å². The van der Waals surface area contributed by atoms with E-state index in [0.717, 1.165) is 24.3 Å². The molecule has 0 fully saturated rings. The first-order valence-electron chi connectivity index (χ1n) is 12.7. The van der Waals surface area contributed by atoms with Gasteiger partial charge in [-0.3, -0.25) is 0 Å². The Bertz CT molecular complexity index is 1230. The summed E-state index contributed by atoms with van der Waals surface area (Å²) >= 11 is 9.30. The summed E-state index contributed by atoms with van der Waals surface area (Å²) < 4.78 is 0. The van der Waals surface area contributed by atoms with Gasteiger partial charge in [0.25, 0.3) is 0 Å². The second kappa shape index (κ2) is 11.1. The lowest BCUT2D eigenvalue weighted by Crippen LogP contribution is -2.26. The van der Waals surface area contributed by atoms with E-state index >= 15 is 0 Å². The Hall–Kier alpha value is -2.82. The first-order valence-corrected chi connectivity index (χ1v) is 13.9. The number of hydrogen-bond donors (Lipinski definition) is 2. The summed E-state index contributed by atoms with van der Waals surface area (Å²) in [7, 11) is 4.45. The van der Waals surface area contributed by atoms with Crippen LogP contribution in [0.1, 0.15) is 36.1 Å². The van der Waals surface area contributed by atoms with E-state index in [1.165, 1.54) is 44.8 Å². The summed E-state index contributed by atoms with van der Waals surface area (Å²) in [6.07, 6.45) is 1.92. The molecule has 0 spiro atoms. The van der Waals surface area contributed by atoms with Gasteiger partial charge in [0.15, 0.2) is 0 Å². The maximum Gasteiger partial charge on any atom is 0.0547 e. The summed E-state index contributed by atoms with van der Waals surface area (Å²) in [5.41, 5.74) is 10.1. The van der Waals surface area contributed by atoms with E-state index in [9.17, 15) is 0 Å². The predicted molar refractivity (Wildman–Crippen MR) is 163 cm³/mol. The van der Waals surface area contributed by atoms with Crippen LogP contribution in [0.25, 0.3) is 22.3 Å². The maximum atomic E-state index is 4.65. The van der Waals surface area contributed by atoms with Crippen LogP contribution in [-0.4, -0.2) is 25.6 Å². The average molecular weight is 511 g/mol. The highest BCUT2D eigenvalue weighted by Gasteiger charge is 2.24. The molecule has 2 atom stereocenters. The van der Waals surface area contributed by atoms with Gasteiger partial charge in [0, 0.05) is 36.6 Å². The molecule has 0 aromatic heterocycles. The Morgan fingerprint density at radius 3 is 1.39 bits per heavy atom. The van der Waals surface area contributed by atoms with Crippen molar-refractivity contribution in [2.45, 2.75) is 24.9 Å². The van der Waals surface area contributed by atoms with Crippen molar-refractivity contribution >= 4 is 36.6 Å². The number of nitrogens with zero attached hydrogens (tertiary/aromatic N) is 2. The molecule has 0 amide bonds. The molecule has 36 heavy (non-hydrogen) atoms. The molecule has 2 nitrogen and oxygen atoms in total. The molecule has 184 valence electrons. The SMILES string of the molecule is CN1c2ccccc2-c2cccc(c2)C(CCS)N(C)c2ccccc2-c2cccc(c2)C1CCS. The smallest absolute Gasteiger partial charge is 0.0547 e. The van der Waals surface area contributed by atoms with E-state index in [1.54, 1.807) is 0 Å². The van der Waals surface area contributed by atoms with Gasteiger partial charge in [-0.05, 0) is 70.9 Å². The molecule has 4 bridgehead atoms. The topological polar surface area (TPSA) is 6.48 Å². The van der Waals surface area contributed by atoms with Crippen molar-refractivity contribution in [3.8, 4) is 22.3 Å². The highest BCUT2D eigenvalue weighted by molar-refractivity contribution is 7.80. The molecular formula is C32H34N2S2. The van der Waals surface area contributed by atoms with Gasteiger partial charge >= 0.3 is 0 Å². The van der Waals surface area contributed by atoms with Gasteiger partial charge in [-0.1, -0.05) is 72.8 Å². The summed E-state index contributed by atoms with van der Waals surface area (Å²) in [6, 6.07) is 36.1. The minimum atomic E-state index is 0.219. The van der Waals surface area contributed by atoms with Gasteiger partial charge < -0.3 is 9.80 Å². The van der Waals surface area contributed by atoms with Crippen molar-refractivity contribution in [3.05, 3.63) is 108 Å². The van der Waals surface area contributed by atoms with Crippen LogP contribution in [-0.2, 0) is 0 Å². The molecule has 0 aliphatic carbocycles. The summed E-state index contributed by atoms with van der Waals surface area (Å²) in [5, 5.41) is 0. The van der Waals surface area contributed by atoms with Crippen molar-refractivity contribution in [2.75, 3.05) is 35.4 Å². The second-order valence-corrected chi connectivity index (χ2v) is 10.5. The number of para-hydroxylation sites is 2. The van der Waals surface area contributed by atoms with Crippen molar-refractivity contribution in [1.82, 2.24) is 0 Å². The van der Waals surface area contributed by atoms with Crippen LogP contribution < -0.4 is 9.80 Å². The fraction of sp³-hybridized carbons (Fsp3) is 0.250. The highest BCUT2D eigenvalue weighted by Crippen LogP contribution is 2.41. The molecule has 4 aromatic rings. The van der Waals surface area contributed by atoms with Crippen LogP contribution in [0.5, 0.6) is 0 Å². The molecular weight excluding hydrogens is 477 g/mol. The largest absolute Gasteiger partial charge is 0.367 e. The lowest BCUT2D eigenvalue weighted by molar-refractivity contribution is 0.652. The molecule has 1 aliphatic heterocycles. The first kappa shape index (κ1) is 24.9. The standard InChI is InChI=1S/C32H34N2S2/c1-33-29(17-19-35)25-11-7-10-24(21-25)28-14-4-6-16-32(28)34(2)30(18-20-36)26-12-8-9-23(22-26)27-13-3-5-15-31(27)33/h3-16,21-22,29-30,35-36H,17-20H2,1-2H3. The van der Waals surface area contributed by atoms with E-state index < -0.39 is 0 Å². The van der Waals surface area contributed by atoms with Crippen LogP contribution in [0.3, 0.4) is 0 Å². The number of thiol groups is 2. The third kappa shape index (κ3) is 4.77. The number of benzene rings is 4. The van der Waals surface area contributed by atoms with E-state index in [-0.39, 0.29) is 12.1 Å². The molecule has 5 rings (SSSR count). The van der Waals surface area contributed by atoms with Gasteiger partial charge in [0.1, 0.15) is 0 Å². The lowest BCUT2D eigenvalue weighted by atomic mass is 9.92. The van der Waals surface area contributed by atoms with Crippen molar-refractivity contribution in [3.63, 3.8) is 0 Å². The molecule has 0 N–H and O–H groups in total. The van der Waals surface area contributed by atoms with E-state index in [4.69, 9.17) is 0 Å². The minimum Gasteiger partial charge on any atom is -0.367 e. The Balaban J connectivity index is 1.79. The quantitative estimate of drug-likeness (QED) is 0.266. The molecule has 2 unspecified atom stereocenters. The van der Waals surface area contributed by atoms with E-state index in [0.29, 0.717) is 0 Å². The number of fused-ring (bicyclic) bond motifs is 8.